The average Bonchev–Trinajstić information content (AvgIpc) is 2.89. The molecule has 2 aliphatic heterocycles. The zero-order valence-electron chi connectivity index (χ0n) is 12.6. The van der Waals surface area contributed by atoms with Gasteiger partial charge in [0.25, 0.3) is 5.91 Å². The van der Waals surface area contributed by atoms with Crippen molar-refractivity contribution < 1.29 is 18.1 Å². The Morgan fingerprint density at radius 3 is 2.43 bits per heavy atom. The maximum atomic E-state index is 12.5. The molecule has 23 heavy (non-hydrogen) atoms. The zero-order chi connectivity index (χ0) is 16.6. The van der Waals surface area contributed by atoms with E-state index in [-0.39, 0.29) is 17.7 Å². The summed E-state index contributed by atoms with van der Waals surface area (Å²) in [6.45, 7) is 2.83. The Balaban J connectivity index is 1.60. The molecule has 1 atom stereocenters. The molecule has 0 spiro atoms. The highest BCUT2D eigenvalue weighted by molar-refractivity contribution is 7.91. The molecule has 1 amide bonds. The van der Waals surface area contributed by atoms with Crippen LogP contribution >= 0.6 is 23.2 Å². The number of benzene rings is 1. The van der Waals surface area contributed by atoms with Crippen LogP contribution in [0.2, 0.25) is 10.0 Å². The second-order valence-corrected chi connectivity index (χ2v) is 9.22. The molecule has 2 saturated heterocycles. The quantitative estimate of drug-likeness (QED) is 0.817. The Morgan fingerprint density at radius 1 is 1.17 bits per heavy atom. The molecule has 0 bridgehead atoms. The Kier molecular flexibility index (Phi) is 4.88. The van der Waals surface area contributed by atoms with Crippen molar-refractivity contribution in [1.29, 1.82) is 0 Å². The maximum Gasteiger partial charge on any atom is 0.254 e. The lowest BCUT2D eigenvalue weighted by molar-refractivity contribution is -0.925. The molecule has 126 valence electrons. The fourth-order valence-electron chi connectivity index (χ4n) is 3.33. The van der Waals surface area contributed by atoms with Crippen LogP contribution in [0.3, 0.4) is 0 Å². The van der Waals surface area contributed by atoms with Gasteiger partial charge in [-0.1, -0.05) is 23.2 Å². The summed E-state index contributed by atoms with van der Waals surface area (Å²) < 4.78 is 23.2. The van der Waals surface area contributed by atoms with Crippen molar-refractivity contribution in [3.63, 3.8) is 0 Å². The van der Waals surface area contributed by atoms with Gasteiger partial charge in [0.1, 0.15) is 11.8 Å². The van der Waals surface area contributed by atoms with Crippen molar-refractivity contribution in [3.05, 3.63) is 33.8 Å². The zero-order valence-corrected chi connectivity index (χ0v) is 14.9. The molecule has 0 aromatic heterocycles. The van der Waals surface area contributed by atoms with Crippen LogP contribution in [0, 0.1) is 0 Å². The second kappa shape index (κ2) is 6.59. The molecule has 1 N–H and O–H groups in total. The van der Waals surface area contributed by atoms with Gasteiger partial charge in [-0.2, -0.15) is 0 Å². The summed E-state index contributed by atoms with van der Waals surface area (Å²) in [6.07, 6.45) is 0.735. The molecule has 2 aliphatic rings. The monoisotopic (exact) mass is 377 g/mol. The van der Waals surface area contributed by atoms with Gasteiger partial charge in [0, 0.05) is 12.0 Å². The van der Waals surface area contributed by atoms with Crippen molar-refractivity contribution in [2.45, 2.75) is 12.5 Å². The van der Waals surface area contributed by atoms with Crippen LogP contribution < -0.4 is 4.90 Å². The van der Waals surface area contributed by atoms with Gasteiger partial charge in [-0.25, -0.2) is 8.42 Å². The number of amides is 1. The predicted molar refractivity (Wildman–Crippen MR) is 90.1 cm³/mol. The van der Waals surface area contributed by atoms with Crippen molar-refractivity contribution in [3.8, 4) is 0 Å². The molecule has 2 heterocycles. The summed E-state index contributed by atoms with van der Waals surface area (Å²) in [5, 5.41) is 0.804. The number of quaternary nitrogens is 1. The fraction of sp³-hybridized carbons (Fsp3) is 0.533. The molecule has 5 nitrogen and oxygen atoms in total. The number of halogens is 2. The van der Waals surface area contributed by atoms with Crippen LogP contribution in [0.4, 0.5) is 0 Å². The van der Waals surface area contributed by atoms with E-state index in [2.05, 4.69) is 0 Å². The normalized spacial score (nSPS) is 24.8. The van der Waals surface area contributed by atoms with Crippen LogP contribution in [-0.4, -0.2) is 63.0 Å². The highest BCUT2D eigenvalue weighted by atomic mass is 35.5. The Hall–Kier alpha value is -0.820. The average molecular weight is 378 g/mol. The molecule has 0 unspecified atom stereocenters. The maximum absolute atomic E-state index is 12.5. The molecule has 1 aromatic rings. The molecule has 0 aliphatic carbocycles. The Labute approximate surface area is 146 Å². The van der Waals surface area contributed by atoms with Gasteiger partial charge in [0.15, 0.2) is 9.84 Å². The largest absolute Gasteiger partial charge is 0.329 e. The minimum atomic E-state index is -2.86. The standard InChI is InChI=1S/C15H18Cl2N2O3S/c16-13-2-1-11(9-14(13)17)15(20)19-6-4-18(5-7-19)12-3-8-23(21,22)10-12/h1-2,9,12H,3-8,10H2/p+1/t12-/m1/s1. The number of sulfone groups is 1. The first-order valence-electron chi connectivity index (χ1n) is 7.65. The number of rotatable bonds is 2. The predicted octanol–water partition coefficient (Wildman–Crippen LogP) is 0.521. The highest BCUT2D eigenvalue weighted by Gasteiger charge is 2.37. The third-order valence-electron chi connectivity index (χ3n) is 4.67. The minimum Gasteiger partial charge on any atom is -0.329 e. The molecule has 1 aromatic carbocycles. The third-order valence-corrected chi connectivity index (χ3v) is 7.18. The first-order chi connectivity index (χ1) is 10.9. The van der Waals surface area contributed by atoms with E-state index in [1.807, 2.05) is 0 Å². The van der Waals surface area contributed by atoms with Gasteiger partial charge >= 0.3 is 0 Å². The van der Waals surface area contributed by atoms with E-state index in [1.54, 1.807) is 23.1 Å². The van der Waals surface area contributed by atoms with Crippen LogP contribution in [0.15, 0.2) is 18.2 Å². The van der Waals surface area contributed by atoms with Crippen molar-refractivity contribution in [2.75, 3.05) is 37.7 Å². The summed E-state index contributed by atoms with van der Waals surface area (Å²) in [4.78, 5) is 15.6. The Bertz CT molecular complexity index is 715. The number of hydrogen-bond acceptors (Lipinski definition) is 3. The van der Waals surface area contributed by atoms with E-state index in [1.165, 1.54) is 4.90 Å². The second-order valence-electron chi connectivity index (χ2n) is 6.18. The van der Waals surface area contributed by atoms with Crippen LogP contribution in [0.1, 0.15) is 16.8 Å². The summed E-state index contributed by atoms with van der Waals surface area (Å²) in [7, 11) is -2.86. The summed E-state index contributed by atoms with van der Waals surface area (Å²) in [5.41, 5.74) is 0.534. The van der Waals surface area contributed by atoms with Crippen molar-refractivity contribution >= 4 is 38.9 Å². The lowest BCUT2D eigenvalue weighted by atomic mass is 10.1. The van der Waals surface area contributed by atoms with Crippen molar-refractivity contribution in [1.82, 2.24) is 4.90 Å². The SMILES string of the molecule is O=C(c1ccc(Cl)c(Cl)c1)N1CC[NH+]([C@@H]2CCS(=O)(=O)C2)CC1. The van der Waals surface area contributed by atoms with E-state index < -0.39 is 9.84 Å². The van der Waals surface area contributed by atoms with Crippen LogP contribution in [-0.2, 0) is 9.84 Å². The van der Waals surface area contributed by atoms with Gasteiger partial charge in [-0.05, 0) is 18.2 Å². The number of carbonyl (C=O) groups excluding carboxylic acids is 1. The van der Waals surface area contributed by atoms with Crippen LogP contribution in [0.25, 0.3) is 0 Å². The molecule has 0 saturated carbocycles. The van der Waals surface area contributed by atoms with E-state index in [9.17, 15) is 13.2 Å². The summed E-state index contributed by atoms with van der Waals surface area (Å²) in [5.74, 6) is 0.526. The molecule has 8 heteroatoms. The van der Waals surface area contributed by atoms with E-state index in [4.69, 9.17) is 23.2 Å². The van der Waals surface area contributed by atoms with Gasteiger partial charge in [-0.15, -0.1) is 0 Å². The topological polar surface area (TPSA) is 58.9 Å². The molecule has 0 radical (unpaired) electrons. The number of nitrogens with one attached hydrogen (secondary N) is 1. The Morgan fingerprint density at radius 2 is 1.87 bits per heavy atom. The van der Waals surface area contributed by atoms with E-state index >= 15 is 0 Å². The molecule has 2 fully saturated rings. The summed E-state index contributed by atoms with van der Waals surface area (Å²) >= 11 is 11.8. The van der Waals surface area contributed by atoms with Crippen molar-refractivity contribution in [2.24, 2.45) is 0 Å². The van der Waals surface area contributed by atoms with Gasteiger partial charge in [0.2, 0.25) is 0 Å². The number of hydrogen-bond donors (Lipinski definition) is 1. The first kappa shape index (κ1) is 17.0. The molecule has 3 rings (SSSR count). The minimum absolute atomic E-state index is 0.0540. The lowest BCUT2D eigenvalue weighted by Crippen LogP contribution is -3.18. The fourth-order valence-corrected chi connectivity index (χ4v) is 5.46. The number of carbonyl (C=O) groups is 1. The molecular formula is C15H19Cl2N2O3S+. The number of nitrogens with zero attached hydrogens (tertiary/aromatic N) is 1. The van der Waals surface area contributed by atoms with Gasteiger partial charge in [0.05, 0.1) is 42.0 Å². The lowest BCUT2D eigenvalue weighted by Gasteiger charge is -2.35. The summed E-state index contributed by atoms with van der Waals surface area (Å²) in [6, 6.07) is 5.08. The highest BCUT2D eigenvalue weighted by Crippen LogP contribution is 2.23. The number of piperazine rings is 1. The van der Waals surface area contributed by atoms with E-state index in [0.29, 0.717) is 34.5 Å². The van der Waals surface area contributed by atoms with Gasteiger partial charge < -0.3 is 9.80 Å². The van der Waals surface area contributed by atoms with Gasteiger partial charge in [-0.3, -0.25) is 4.79 Å². The van der Waals surface area contributed by atoms with Crippen LogP contribution in [0.5, 0.6) is 0 Å². The smallest absolute Gasteiger partial charge is 0.254 e. The molecular weight excluding hydrogens is 359 g/mol. The first-order valence-corrected chi connectivity index (χ1v) is 10.2. The van der Waals surface area contributed by atoms with E-state index in [0.717, 1.165) is 19.5 Å². The third kappa shape index (κ3) is 3.82.